The van der Waals surface area contributed by atoms with E-state index in [1.165, 1.54) is 28.6 Å². The van der Waals surface area contributed by atoms with Crippen molar-refractivity contribution in [1.82, 2.24) is 0 Å². The standard InChI is InChI=1S/C10H14BrNS/c11-8-4-10(13-6-8)5-9(12)3-7-1-2-7/h4,6-7,9H,1-3,5,12H2. The lowest BCUT2D eigenvalue weighted by Crippen LogP contribution is -2.22. The number of nitrogens with two attached hydrogens (primary N) is 1. The van der Waals surface area contributed by atoms with Crippen molar-refractivity contribution in [3.63, 3.8) is 0 Å². The smallest absolute Gasteiger partial charge is 0.0285 e. The molecule has 0 saturated heterocycles. The van der Waals surface area contributed by atoms with E-state index in [0.29, 0.717) is 6.04 Å². The summed E-state index contributed by atoms with van der Waals surface area (Å²) in [6.07, 6.45) is 5.08. The third-order valence-corrected chi connectivity index (χ3v) is 4.14. The van der Waals surface area contributed by atoms with Gasteiger partial charge < -0.3 is 5.73 Å². The van der Waals surface area contributed by atoms with Crippen molar-refractivity contribution in [2.45, 2.75) is 31.7 Å². The van der Waals surface area contributed by atoms with Crippen molar-refractivity contribution < 1.29 is 0 Å². The molecule has 1 heterocycles. The highest BCUT2D eigenvalue weighted by Crippen LogP contribution is 2.34. The molecule has 0 aromatic carbocycles. The van der Waals surface area contributed by atoms with Crippen LogP contribution in [0.15, 0.2) is 15.9 Å². The normalized spacial score (nSPS) is 18.9. The molecule has 0 radical (unpaired) electrons. The first-order valence-corrected chi connectivity index (χ1v) is 6.40. The Bertz CT molecular complexity index is 280. The molecule has 2 rings (SSSR count). The fraction of sp³-hybridized carbons (Fsp3) is 0.600. The average Bonchev–Trinajstić information content (AvgIpc) is 2.76. The third kappa shape index (κ3) is 3.08. The molecule has 1 aliphatic carbocycles. The van der Waals surface area contributed by atoms with Crippen LogP contribution in [0.25, 0.3) is 0 Å². The summed E-state index contributed by atoms with van der Waals surface area (Å²) in [5.41, 5.74) is 6.05. The molecular weight excluding hydrogens is 246 g/mol. The van der Waals surface area contributed by atoms with Gasteiger partial charge in [0.25, 0.3) is 0 Å². The summed E-state index contributed by atoms with van der Waals surface area (Å²) < 4.78 is 1.19. The molecule has 1 unspecified atom stereocenters. The topological polar surface area (TPSA) is 26.0 Å². The van der Waals surface area contributed by atoms with Crippen molar-refractivity contribution in [2.24, 2.45) is 11.7 Å². The Labute approximate surface area is 91.5 Å². The third-order valence-electron chi connectivity index (χ3n) is 2.42. The fourth-order valence-corrected chi connectivity index (χ4v) is 3.13. The van der Waals surface area contributed by atoms with Crippen molar-refractivity contribution >= 4 is 27.3 Å². The van der Waals surface area contributed by atoms with Crippen molar-refractivity contribution in [2.75, 3.05) is 0 Å². The molecule has 1 aliphatic rings. The van der Waals surface area contributed by atoms with E-state index < -0.39 is 0 Å². The predicted octanol–water partition coefficient (Wildman–Crippen LogP) is 3.18. The molecule has 1 saturated carbocycles. The van der Waals surface area contributed by atoms with Crippen molar-refractivity contribution in [3.8, 4) is 0 Å². The van der Waals surface area contributed by atoms with Gasteiger partial charge in [0, 0.05) is 20.8 Å². The number of rotatable bonds is 4. The summed E-state index contributed by atoms with van der Waals surface area (Å²) in [7, 11) is 0. The second-order valence-corrected chi connectivity index (χ2v) is 5.79. The van der Waals surface area contributed by atoms with Gasteiger partial charge in [-0.15, -0.1) is 11.3 Å². The van der Waals surface area contributed by atoms with Crippen LogP contribution in [0.2, 0.25) is 0 Å². The van der Waals surface area contributed by atoms with Crippen LogP contribution in [0, 0.1) is 5.92 Å². The van der Waals surface area contributed by atoms with Gasteiger partial charge in [0.05, 0.1) is 0 Å². The zero-order valence-electron chi connectivity index (χ0n) is 7.50. The van der Waals surface area contributed by atoms with Gasteiger partial charge in [0.1, 0.15) is 0 Å². The van der Waals surface area contributed by atoms with E-state index in [2.05, 4.69) is 27.4 Å². The van der Waals surface area contributed by atoms with Crippen LogP contribution in [0.4, 0.5) is 0 Å². The summed E-state index contributed by atoms with van der Waals surface area (Å²) in [6.45, 7) is 0. The number of hydrogen-bond donors (Lipinski definition) is 1. The van der Waals surface area contributed by atoms with Crippen LogP contribution in [0.3, 0.4) is 0 Å². The summed E-state index contributed by atoms with van der Waals surface area (Å²) in [4.78, 5) is 1.40. The average molecular weight is 260 g/mol. The maximum absolute atomic E-state index is 6.05. The minimum atomic E-state index is 0.373. The van der Waals surface area contributed by atoms with E-state index in [9.17, 15) is 0 Å². The largest absolute Gasteiger partial charge is 0.327 e. The number of hydrogen-bond acceptors (Lipinski definition) is 2. The fourth-order valence-electron chi connectivity index (χ4n) is 1.58. The molecule has 1 aromatic rings. The van der Waals surface area contributed by atoms with Crippen molar-refractivity contribution in [1.29, 1.82) is 0 Å². The van der Waals surface area contributed by atoms with Gasteiger partial charge in [-0.2, -0.15) is 0 Å². The Balaban J connectivity index is 1.82. The van der Waals surface area contributed by atoms with E-state index in [0.717, 1.165) is 12.3 Å². The van der Waals surface area contributed by atoms with Crippen LogP contribution in [-0.2, 0) is 6.42 Å². The molecule has 3 heteroatoms. The Hall–Kier alpha value is 0.140. The maximum atomic E-state index is 6.05. The van der Waals surface area contributed by atoms with Gasteiger partial charge >= 0.3 is 0 Å². The van der Waals surface area contributed by atoms with E-state index in [-0.39, 0.29) is 0 Å². The molecule has 2 N–H and O–H groups in total. The lowest BCUT2D eigenvalue weighted by atomic mass is 10.1. The van der Waals surface area contributed by atoms with Crippen molar-refractivity contribution in [3.05, 3.63) is 20.8 Å². The van der Waals surface area contributed by atoms with E-state index >= 15 is 0 Å². The summed E-state index contributed by atoms with van der Waals surface area (Å²) in [6, 6.07) is 2.55. The highest BCUT2D eigenvalue weighted by atomic mass is 79.9. The van der Waals surface area contributed by atoms with E-state index in [1.54, 1.807) is 11.3 Å². The Morgan fingerprint density at radius 1 is 1.62 bits per heavy atom. The predicted molar refractivity (Wildman–Crippen MR) is 61.0 cm³/mol. The number of halogens is 1. The van der Waals surface area contributed by atoms with Crippen LogP contribution in [0.1, 0.15) is 24.1 Å². The van der Waals surface area contributed by atoms with E-state index in [1.807, 2.05) is 0 Å². The van der Waals surface area contributed by atoms with Crippen LogP contribution < -0.4 is 5.73 Å². The van der Waals surface area contributed by atoms with Gasteiger partial charge in [0.2, 0.25) is 0 Å². The van der Waals surface area contributed by atoms with E-state index in [4.69, 9.17) is 5.73 Å². The first-order valence-electron chi connectivity index (χ1n) is 4.72. The molecule has 1 atom stereocenters. The van der Waals surface area contributed by atoms with Crippen LogP contribution in [0.5, 0.6) is 0 Å². The van der Waals surface area contributed by atoms with Gasteiger partial charge in [-0.1, -0.05) is 12.8 Å². The summed E-state index contributed by atoms with van der Waals surface area (Å²) in [5, 5.41) is 2.12. The molecule has 0 amide bonds. The molecule has 0 aliphatic heterocycles. The quantitative estimate of drug-likeness (QED) is 0.884. The Morgan fingerprint density at radius 3 is 2.92 bits per heavy atom. The molecule has 72 valence electrons. The molecule has 0 bridgehead atoms. The first-order chi connectivity index (χ1) is 6.24. The van der Waals surface area contributed by atoms with Gasteiger partial charge in [-0.3, -0.25) is 0 Å². The molecule has 1 aromatic heterocycles. The Kier molecular flexibility index (Phi) is 3.06. The van der Waals surface area contributed by atoms with Gasteiger partial charge in [0.15, 0.2) is 0 Å². The summed E-state index contributed by atoms with van der Waals surface area (Å²) >= 11 is 5.25. The minimum absolute atomic E-state index is 0.373. The highest BCUT2D eigenvalue weighted by Gasteiger charge is 2.23. The zero-order chi connectivity index (χ0) is 9.26. The monoisotopic (exact) mass is 259 g/mol. The lowest BCUT2D eigenvalue weighted by Gasteiger charge is -2.08. The number of thiophene rings is 1. The lowest BCUT2D eigenvalue weighted by molar-refractivity contribution is 0.570. The molecule has 13 heavy (non-hydrogen) atoms. The second kappa shape index (κ2) is 4.11. The SMILES string of the molecule is NC(Cc1cc(Br)cs1)CC1CC1. The zero-order valence-corrected chi connectivity index (χ0v) is 9.90. The molecule has 1 fully saturated rings. The molecule has 0 spiro atoms. The highest BCUT2D eigenvalue weighted by molar-refractivity contribution is 9.10. The van der Waals surface area contributed by atoms with Crippen LogP contribution in [-0.4, -0.2) is 6.04 Å². The Morgan fingerprint density at radius 2 is 2.38 bits per heavy atom. The van der Waals surface area contributed by atoms with Crippen LogP contribution >= 0.6 is 27.3 Å². The minimum Gasteiger partial charge on any atom is -0.327 e. The second-order valence-electron chi connectivity index (χ2n) is 3.87. The maximum Gasteiger partial charge on any atom is 0.0285 e. The van der Waals surface area contributed by atoms with Gasteiger partial charge in [-0.05, 0) is 40.8 Å². The van der Waals surface area contributed by atoms with Gasteiger partial charge in [-0.25, -0.2) is 0 Å². The summed E-state index contributed by atoms with van der Waals surface area (Å²) in [5.74, 6) is 0.943. The molecule has 1 nitrogen and oxygen atoms in total. The molecular formula is C10H14BrNS. The first kappa shape index (κ1) is 9.69.